The summed E-state index contributed by atoms with van der Waals surface area (Å²) in [6, 6.07) is 8.39. The van der Waals surface area contributed by atoms with Crippen LogP contribution in [0, 0.1) is 11.6 Å². The van der Waals surface area contributed by atoms with Crippen LogP contribution in [0.4, 0.5) is 8.78 Å². The summed E-state index contributed by atoms with van der Waals surface area (Å²) in [6.07, 6.45) is 6.58. The third-order valence-electron chi connectivity index (χ3n) is 5.64. The zero-order valence-electron chi connectivity index (χ0n) is 18.6. The highest BCUT2D eigenvalue weighted by atomic mass is 32.2. The van der Waals surface area contributed by atoms with Gasteiger partial charge < -0.3 is 4.57 Å². The normalized spacial score (nSPS) is 13.9. The molecule has 0 saturated heterocycles. The Balaban J connectivity index is 2.08. The Hall–Kier alpha value is -3.59. The Morgan fingerprint density at radius 2 is 1.91 bits per heavy atom. The third-order valence-corrected chi connectivity index (χ3v) is 6.19. The molecule has 3 aromatic rings. The number of ketones is 1. The number of sulfonamides is 1. The van der Waals surface area contributed by atoms with Crippen LogP contribution in [0.3, 0.4) is 0 Å². The number of fused-ring (bicyclic) bond motifs is 1. The number of Topliss-reactive ketones (excluding diaryl/α,β-unsaturated/α-hetero) is 1. The van der Waals surface area contributed by atoms with Crippen LogP contribution >= 0.6 is 0 Å². The number of nitrogens with zero attached hydrogens (tertiary/aromatic N) is 1. The molecule has 0 radical (unpaired) electrons. The van der Waals surface area contributed by atoms with Gasteiger partial charge in [-0.05, 0) is 42.3 Å². The molecule has 2 aromatic carbocycles. The molecule has 1 aromatic heterocycles. The predicted octanol–water partition coefficient (Wildman–Crippen LogP) is 4.13. The van der Waals surface area contributed by atoms with Gasteiger partial charge in [0.05, 0.1) is 12.8 Å². The van der Waals surface area contributed by atoms with E-state index in [1.807, 2.05) is 23.8 Å². The van der Waals surface area contributed by atoms with Crippen molar-refractivity contribution in [3.8, 4) is 0 Å². The number of halogens is 2. The Morgan fingerprint density at radius 3 is 2.59 bits per heavy atom. The van der Waals surface area contributed by atoms with Gasteiger partial charge in [-0.3, -0.25) is 9.59 Å². The first kappa shape index (κ1) is 23.6. The van der Waals surface area contributed by atoms with Crippen LogP contribution in [-0.4, -0.2) is 30.9 Å². The topological polar surface area (TPSA) is 85.2 Å². The number of nitrogens with one attached hydrogen (secondary N) is 1. The quantitative estimate of drug-likeness (QED) is 0.570. The minimum Gasteiger partial charge on any atom is -0.331 e. The van der Waals surface area contributed by atoms with Gasteiger partial charge in [0.1, 0.15) is 17.3 Å². The molecule has 0 saturated carbocycles. The van der Waals surface area contributed by atoms with E-state index in [0.717, 1.165) is 30.0 Å². The van der Waals surface area contributed by atoms with Gasteiger partial charge in [0, 0.05) is 34.0 Å². The monoisotopic (exact) mass is 484 g/mol. The first-order chi connectivity index (χ1) is 16.1. The van der Waals surface area contributed by atoms with Crippen molar-refractivity contribution in [1.29, 1.82) is 0 Å². The number of aromatic nitrogens is 1. The minimum atomic E-state index is -3.95. The van der Waals surface area contributed by atoms with Crippen molar-refractivity contribution in [3.63, 3.8) is 0 Å². The second kappa shape index (κ2) is 8.98. The van der Waals surface area contributed by atoms with Crippen LogP contribution < -0.4 is 4.72 Å². The lowest BCUT2D eigenvalue weighted by molar-refractivity contribution is -0.113. The summed E-state index contributed by atoms with van der Waals surface area (Å²) in [4.78, 5) is 26.1. The first-order valence-corrected chi connectivity index (χ1v) is 12.5. The van der Waals surface area contributed by atoms with Gasteiger partial charge in [0.25, 0.3) is 5.91 Å². The number of carbonyl (C=O) groups excluding carboxylic acids is 2. The molecule has 1 aliphatic rings. The summed E-state index contributed by atoms with van der Waals surface area (Å²) in [5.74, 6) is -2.54. The molecule has 0 fully saturated rings. The molecule has 1 heterocycles. The van der Waals surface area contributed by atoms with Gasteiger partial charge in [-0.1, -0.05) is 31.2 Å². The average Bonchev–Trinajstić information content (AvgIpc) is 3.08. The van der Waals surface area contributed by atoms with E-state index in [-0.39, 0.29) is 41.1 Å². The molecule has 0 spiro atoms. The van der Waals surface area contributed by atoms with Crippen LogP contribution in [0.25, 0.3) is 16.5 Å². The molecule has 0 aliphatic heterocycles. The number of benzene rings is 2. The second-order valence-electron chi connectivity index (χ2n) is 8.09. The number of rotatable bonds is 6. The second-order valence-corrected chi connectivity index (χ2v) is 9.84. The molecule has 0 unspecified atom stereocenters. The zero-order chi connectivity index (χ0) is 24.6. The number of carbonyl (C=O) groups is 2. The first-order valence-electron chi connectivity index (χ1n) is 10.6. The van der Waals surface area contributed by atoms with E-state index in [1.54, 1.807) is 24.3 Å². The van der Waals surface area contributed by atoms with E-state index in [0.29, 0.717) is 17.3 Å². The minimum absolute atomic E-state index is 0.0275. The van der Waals surface area contributed by atoms with E-state index >= 15 is 0 Å². The van der Waals surface area contributed by atoms with Crippen LogP contribution in [0.5, 0.6) is 0 Å². The molecule has 4 rings (SSSR count). The highest BCUT2D eigenvalue weighted by Crippen LogP contribution is 2.36. The van der Waals surface area contributed by atoms with Crippen molar-refractivity contribution >= 4 is 38.2 Å². The molecule has 1 N–H and O–H groups in total. The van der Waals surface area contributed by atoms with Crippen LogP contribution in [0.15, 0.2) is 54.6 Å². The van der Waals surface area contributed by atoms with Crippen molar-refractivity contribution in [2.24, 2.45) is 0 Å². The predicted molar refractivity (Wildman–Crippen MR) is 126 cm³/mol. The zero-order valence-corrected chi connectivity index (χ0v) is 19.4. The van der Waals surface area contributed by atoms with Crippen molar-refractivity contribution in [1.82, 2.24) is 9.29 Å². The lowest BCUT2D eigenvalue weighted by Crippen LogP contribution is -2.32. The lowest BCUT2D eigenvalue weighted by Gasteiger charge is -2.14. The highest BCUT2D eigenvalue weighted by Gasteiger charge is 2.30. The molecule has 0 atom stereocenters. The molecule has 1 aliphatic carbocycles. The van der Waals surface area contributed by atoms with Crippen LogP contribution in [0.1, 0.15) is 40.5 Å². The number of allylic oxidation sites excluding steroid dienone is 4. The average molecular weight is 485 g/mol. The standard InChI is InChI=1S/C25H22F2N2O4S/c1-3-15-8-11-21-19(12-15)23(18-6-4-5-7-22(18)30)24(25(31)28-34(2,32)33)29(21)14-16-13-17(26)9-10-20(16)27/h4-6,8-13H,3,7,14H2,1-2H3,(H,28,31). The Bertz CT molecular complexity index is 1500. The smallest absolute Gasteiger partial charge is 0.282 e. The summed E-state index contributed by atoms with van der Waals surface area (Å²) in [5.41, 5.74) is 1.78. The number of hydrogen-bond acceptors (Lipinski definition) is 4. The van der Waals surface area contributed by atoms with Crippen molar-refractivity contribution in [2.45, 2.75) is 26.3 Å². The molecular formula is C25H22F2N2O4S. The van der Waals surface area contributed by atoms with Gasteiger partial charge in [-0.15, -0.1) is 0 Å². The third kappa shape index (κ3) is 4.56. The van der Waals surface area contributed by atoms with E-state index in [4.69, 9.17) is 0 Å². The molecule has 176 valence electrons. The Labute approximate surface area is 195 Å². The van der Waals surface area contributed by atoms with Gasteiger partial charge in [-0.2, -0.15) is 0 Å². The van der Waals surface area contributed by atoms with E-state index < -0.39 is 27.6 Å². The number of hydrogen-bond donors (Lipinski definition) is 1. The molecule has 34 heavy (non-hydrogen) atoms. The van der Waals surface area contributed by atoms with Gasteiger partial charge >= 0.3 is 0 Å². The van der Waals surface area contributed by atoms with E-state index in [1.165, 1.54) is 4.57 Å². The summed E-state index contributed by atoms with van der Waals surface area (Å²) < 4.78 is 55.6. The van der Waals surface area contributed by atoms with Crippen LogP contribution in [0.2, 0.25) is 0 Å². The Kier molecular flexibility index (Phi) is 6.22. The number of amides is 1. The molecule has 0 bridgehead atoms. The summed E-state index contributed by atoms with van der Waals surface area (Å²) >= 11 is 0. The van der Waals surface area contributed by atoms with Gasteiger partial charge in [0.15, 0.2) is 5.78 Å². The fraction of sp³-hybridized carbons (Fsp3) is 0.200. The summed E-state index contributed by atoms with van der Waals surface area (Å²) in [5, 5.41) is 0.546. The van der Waals surface area contributed by atoms with Gasteiger partial charge in [0.2, 0.25) is 10.0 Å². The molecular weight excluding hydrogens is 462 g/mol. The maximum Gasteiger partial charge on any atom is 0.282 e. The largest absolute Gasteiger partial charge is 0.331 e. The maximum absolute atomic E-state index is 14.6. The van der Waals surface area contributed by atoms with E-state index in [2.05, 4.69) is 0 Å². The van der Waals surface area contributed by atoms with Gasteiger partial charge in [-0.25, -0.2) is 21.9 Å². The van der Waals surface area contributed by atoms with Crippen molar-refractivity contribution < 1.29 is 26.8 Å². The van der Waals surface area contributed by atoms with Crippen LogP contribution in [-0.2, 0) is 27.8 Å². The summed E-state index contributed by atoms with van der Waals surface area (Å²) in [6.45, 7) is 1.69. The summed E-state index contributed by atoms with van der Waals surface area (Å²) in [7, 11) is -3.95. The highest BCUT2D eigenvalue weighted by molar-refractivity contribution is 7.89. The molecule has 9 heteroatoms. The van der Waals surface area contributed by atoms with E-state index in [9.17, 15) is 26.8 Å². The fourth-order valence-corrected chi connectivity index (χ4v) is 4.54. The molecule has 1 amide bonds. The lowest BCUT2D eigenvalue weighted by atomic mass is 9.93. The molecule has 6 nitrogen and oxygen atoms in total. The Morgan fingerprint density at radius 1 is 1.15 bits per heavy atom. The fourth-order valence-electron chi connectivity index (χ4n) is 4.11. The SMILES string of the molecule is CCc1ccc2c(c1)c(C1=CC=CCC1=O)c(C(=O)NS(C)(=O)=O)n2Cc1cc(F)ccc1F. The maximum atomic E-state index is 14.6. The van der Waals surface area contributed by atoms with Crippen molar-refractivity contribution in [2.75, 3.05) is 6.26 Å². The van der Waals surface area contributed by atoms with Crippen molar-refractivity contribution in [3.05, 3.63) is 88.6 Å². The number of aryl methyl sites for hydroxylation is 1.